The molecule has 0 aliphatic carbocycles. The van der Waals surface area contributed by atoms with Crippen LogP contribution in [0.3, 0.4) is 0 Å². The summed E-state index contributed by atoms with van der Waals surface area (Å²) >= 11 is 0. The highest BCUT2D eigenvalue weighted by Crippen LogP contribution is 2.25. The van der Waals surface area contributed by atoms with Gasteiger partial charge in [0, 0.05) is 11.1 Å². The number of ether oxygens (including phenoxy) is 1. The van der Waals surface area contributed by atoms with Crippen molar-refractivity contribution < 1.29 is 17.9 Å². The van der Waals surface area contributed by atoms with E-state index in [0.29, 0.717) is 16.9 Å². The Bertz CT molecular complexity index is 790. The van der Waals surface area contributed by atoms with Crippen LogP contribution < -0.4 is 4.74 Å². The molecule has 0 heterocycles. The van der Waals surface area contributed by atoms with E-state index in [9.17, 15) is 13.2 Å². The lowest BCUT2D eigenvalue weighted by Gasteiger charge is -2.14. The molecule has 0 aliphatic rings. The van der Waals surface area contributed by atoms with E-state index in [-0.39, 0.29) is 22.5 Å². The molecule has 0 bridgehead atoms. The summed E-state index contributed by atoms with van der Waals surface area (Å²) in [6.07, 6.45) is -0.0336. The summed E-state index contributed by atoms with van der Waals surface area (Å²) in [5.41, 5.74) is 1.12. The summed E-state index contributed by atoms with van der Waals surface area (Å²) in [5, 5.41) is 0. The van der Waals surface area contributed by atoms with Crippen LogP contribution in [0.25, 0.3) is 0 Å². The Morgan fingerprint density at radius 1 is 1.04 bits per heavy atom. The highest BCUT2D eigenvalue weighted by Gasteiger charge is 2.18. The first-order valence-electron chi connectivity index (χ1n) is 7.38. The number of rotatable bonds is 6. The molecule has 0 N–H and O–H groups in total. The van der Waals surface area contributed by atoms with Gasteiger partial charge in [-0.25, -0.2) is 8.42 Å². The Labute approximate surface area is 137 Å². The molecule has 4 nitrogen and oxygen atoms in total. The molecule has 0 aromatic heterocycles. The van der Waals surface area contributed by atoms with Crippen LogP contribution in [0, 0.1) is 0 Å². The van der Waals surface area contributed by atoms with Crippen LogP contribution in [0.2, 0.25) is 0 Å². The molecular weight excluding hydrogens is 312 g/mol. The molecule has 5 heteroatoms. The van der Waals surface area contributed by atoms with E-state index in [4.69, 9.17) is 4.74 Å². The average molecular weight is 332 g/mol. The van der Waals surface area contributed by atoms with Crippen LogP contribution >= 0.6 is 0 Å². The van der Waals surface area contributed by atoms with E-state index in [1.165, 1.54) is 31.2 Å². The van der Waals surface area contributed by atoms with E-state index in [0.717, 1.165) is 0 Å². The molecule has 0 saturated heterocycles. The van der Waals surface area contributed by atoms with Crippen LogP contribution in [-0.2, 0) is 15.6 Å². The number of benzene rings is 2. The second kappa shape index (κ2) is 6.96. The van der Waals surface area contributed by atoms with Gasteiger partial charge in [-0.1, -0.05) is 30.3 Å². The number of carbonyl (C=O) groups excluding carboxylic acids is 1. The van der Waals surface area contributed by atoms with Crippen LogP contribution in [0.4, 0.5) is 0 Å². The van der Waals surface area contributed by atoms with Gasteiger partial charge < -0.3 is 4.74 Å². The summed E-state index contributed by atoms with van der Waals surface area (Å²) in [4.78, 5) is 11.5. The Hall–Kier alpha value is -2.14. The number of carbonyl (C=O) groups is 1. The standard InChI is InChI=1S/C18H20O4S/c1-13(2)22-18-7-5-4-6-16(18)12-23(20,21)17-10-8-15(9-11-17)14(3)19/h4-11,13H,12H2,1-3H3. The first-order valence-corrected chi connectivity index (χ1v) is 9.03. The van der Waals surface area contributed by atoms with Gasteiger partial charge in [-0.2, -0.15) is 0 Å². The minimum absolute atomic E-state index is 0.0336. The highest BCUT2D eigenvalue weighted by molar-refractivity contribution is 7.90. The Morgan fingerprint density at radius 3 is 2.22 bits per heavy atom. The van der Waals surface area contributed by atoms with Crippen molar-refractivity contribution in [2.24, 2.45) is 0 Å². The van der Waals surface area contributed by atoms with Gasteiger partial charge in [0.1, 0.15) is 5.75 Å². The van der Waals surface area contributed by atoms with Gasteiger partial charge in [0.25, 0.3) is 0 Å². The summed E-state index contributed by atoms with van der Waals surface area (Å²) in [6, 6.07) is 13.1. The molecule has 0 amide bonds. The van der Waals surface area contributed by atoms with Crippen molar-refractivity contribution in [3.63, 3.8) is 0 Å². The molecule has 2 rings (SSSR count). The lowest BCUT2D eigenvalue weighted by molar-refractivity contribution is 0.101. The average Bonchev–Trinajstić information content (AvgIpc) is 2.48. The normalized spacial score (nSPS) is 11.5. The molecule has 2 aromatic carbocycles. The Kier molecular flexibility index (Phi) is 5.21. The van der Waals surface area contributed by atoms with Gasteiger partial charge in [0.2, 0.25) is 0 Å². The third-order valence-electron chi connectivity index (χ3n) is 3.30. The van der Waals surface area contributed by atoms with Crippen LogP contribution in [0.15, 0.2) is 53.4 Å². The van der Waals surface area contributed by atoms with E-state index < -0.39 is 9.84 Å². The van der Waals surface area contributed by atoms with Gasteiger partial charge in [-0.05, 0) is 39.0 Å². The SMILES string of the molecule is CC(=O)c1ccc(S(=O)(=O)Cc2ccccc2OC(C)C)cc1. The molecule has 0 aliphatic heterocycles. The van der Waals surface area contributed by atoms with Crippen molar-refractivity contribution in [3.8, 4) is 5.75 Å². The molecule has 0 atom stereocenters. The zero-order valence-electron chi connectivity index (χ0n) is 13.4. The largest absolute Gasteiger partial charge is 0.491 e. The number of ketones is 1. The summed E-state index contributed by atoms with van der Waals surface area (Å²) in [7, 11) is -3.51. The highest BCUT2D eigenvalue weighted by atomic mass is 32.2. The fraction of sp³-hybridized carbons (Fsp3) is 0.278. The quantitative estimate of drug-likeness (QED) is 0.758. The first kappa shape index (κ1) is 17.2. The predicted molar refractivity (Wildman–Crippen MR) is 89.5 cm³/mol. The summed E-state index contributed by atoms with van der Waals surface area (Å²) in [6.45, 7) is 5.24. The van der Waals surface area contributed by atoms with Gasteiger partial charge in [0.05, 0.1) is 16.8 Å². The molecule has 2 aromatic rings. The zero-order chi connectivity index (χ0) is 17.0. The van der Waals surface area contributed by atoms with E-state index >= 15 is 0 Å². The number of hydrogen-bond donors (Lipinski definition) is 0. The third-order valence-corrected chi connectivity index (χ3v) is 4.98. The number of sulfone groups is 1. The smallest absolute Gasteiger partial charge is 0.182 e. The third kappa shape index (κ3) is 4.42. The van der Waals surface area contributed by atoms with Crippen molar-refractivity contribution in [3.05, 3.63) is 59.7 Å². The van der Waals surface area contributed by atoms with E-state index in [1.54, 1.807) is 18.2 Å². The fourth-order valence-electron chi connectivity index (χ4n) is 2.18. The number of Topliss-reactive ketones (excluding diaryl/α,β-unsaturated/α-hetero) is 1. The monoisotopic (exact) mass is 332 g/mol. The Morgan fingerprint density at radius 2 is 1.65 bits per heavy atom. The lowest BCUT2D eigenvalue weighted by Crippen LogP contribution is -2.10. The molecule has 0 unspecified atom stereocenters. The maximum Gasteiger partial charge on any atom is 0.182 e. The van der Waals surface area contributed by atoms with Crippen LogP contribution in [0.1, 0.15) is 36.7 Å². The molecular formula is C18H20O4S. The fourth-order valence-corrected chi connectivity index (χ4v) is 3.54. The van der Waals surface area contributed by atoms with Crippen LogP contribution in [0.5, 0.6) is 5.75 Å². The predicted octanol–water partition coefficient (Wildman–Crippen LogP) is 3.65. The Balaban J connectivity index is 2.30. The number of para-hydroxylation sites is 1. The van der Waals surface area contributed by atoms with E-state index in [1.807, 2.05) is 19.9 Å². The second-order valence-corrected chi connectivity index (χ2v) is 7.60. The van der Waals surface area contributed by atoms with Gasteiger partial charge in [0.15, 0.2) is 15.6 Å². The molecule has 0 saturated carbocycles. The molecule has 0 fully saturated rings. The maximum absolute atomic E-state index is 12.6. The molecule has 0 spiro atoms. The lowest BCUT2D eigenvalue weighted by atomic mass is 10.2. The van der Waals surface area contributed by atoms with Crippen molar-refractivity contribution in [2.45, 2.75) is 37.5 Å². The van der Waals surface area contributed by atoms with Crippen molar-refractivity contribution in [1.29, 1.82) is 0 Å². The summed E-state index contributed by atoms with van der Waals surface area (Å²) in [5.74, 6) is 0.339. The topological polar surface area (TPSA) is 60.4 Å². The van der Waals surface area contributed by atoms with Crippen molar-refractivity contribution in [2.75, 3.05) is 0 Å². The van der Waals surface area contributed by atoms with Crippen molar-refractivity contribution in [1.82, 2.24) is 0 Å². The van der Waals surface area contributed by atoms with Gasteiger partial charge in [-0.15, -0.1) is 0 Å². The second-order valence-electron chi connectivity index (χ2n) is 5.61. The molecule has 23 heavy (non-hydrogen) atoms. The van der Waals surface area contributed by atoms with Crippen molar-refractivity contribution >= 4 is 15.6 Å². The molecule has 122 valence electrons. The summed E-state index contributed by atoms with van der Waals surface area (Å²) < 4.78 is 30.8. The minimum atomic E-state index is -3.51. The van der Waals surface area contributed by atoms with Gasteiger partial charge in [-0.3, -0.25) is 4.79 Å². The molecule has 0 radical (unpaired) electrons. The van der Waals surface area contributed by atoms with E-state index in [2.05, 4.69) is 0 Å². The first-order chi connectivity index (χ1) is 10.8. The minimum Gasteiger partial charge on any atom is -0.491 e. The zero-order valence-corrected chi connectivity index (χ0v) is 14.3. The van der Waals surface area contributed by atoms with Crippen LogP contribution in [-0.4, -0.2) is 20.3 Å². The number of hydrogen-bond acceptors (Lipinski definition) is 4. The van der Waals surface area contributed by atoms with Gasteiger partial charge >= 0.3 is 0 Å². The maximum atomic E-state index is 12.6.